The van der Waals surface area contributed by atoms with Crippen molar-refractivity contribution < 1.29 is 14.6 Å². The van der Waals surface area contributed by atoms with E-state index in [1.807, 2.05) is 0 Å². The molecular weight excluding hydrogens is 264 g/mol. The molecule has 3 rings (SSSR count). The molecule has 0 amide bonds. The van der Waals surface area contributed by atoms with Gasteiger partial charge in [0.25, 0.3) is 0 Å². The summed E-state index contributed by atoms with van der Waals surface area (Å²) in [5, 5.41) is 11.1. The molecule has 2 saturated carbocycles. The summed E-state index contributed by atoms with van der Waals surface area (Å²) in [5.41, 5.74) is -0.206. The first-order valence-electron chi connectivity index (χ1n) is 9.07. The van der Waals surface area contributed by atoms with Crippen LogP contribution in [0.2, 0.25) is 0 Å². The Bertz CT molecular complexity index is 327. The zero-order valence-corrected chi connectivity index (χ0v) is 13.6. The molecule has 1 spiro atoms. The lowest BCUT2D eigenvalue weighted by molar-refractivity contribution is -0.170. The minimum absolute atomic E-state index is 0.0869. The summed E-state index contributed by atoms with van der Waals surface area (Å²) < 4.78 is 12.1. The summed E-state index contributed by atoms with van der Waals surface area (Å²) in [6, 6.07) is 0. The van der Waals surface area contributed by atoms with Gasteiger partial charge in [-0.25, -0.2) is 0 Å². The van der Waals surface area contributed by atoms with Crippen LogP contribution in [0.4, 0.5) is 0 Å². The number of hydrogen-bond acceptors (Lipinski definition) is 3. The molecule has 0 aromatic heterocycles. The lowest BCUT2D eigenvalue weighted by Gasteiger charge is -2.45. The minimum Gasteiger partial charge on any atom is -0.390 e. The first kappa shape index (κ1) is 15.8. The van der Waals surface area contributed by atoms with Crippen LogP contribution in [0, 0.1) is 5.92 Å². The van der Waals surface area contributed by atoms with Crippen molar-refractivity contribution in [1.29, 1.82) is 0 Å². The Labute approximate surface area is 129 Å². The maximum atomic E-state index is 11.1. The SMILES string of the molecule is COC1(C(O)C2CCOC3(CCCC3)C2)CCCCCC1. The second kappa shape index (κ2) is 6.55. The molecule has 2 atom stereocenters. The number of hydrogen-bond donors (Lipinski definition) is 1. The summed E-state index contributed by atoms with van der Waals surface area (Å²) >= 11 is 0. The third-order valence-corrected chi connectivity index (χ3v) is 6.39. The van der Waals surface area contributed by atoms with Crippen LogP contribution in [-0.4, -0.2) is 36.1 Å². The van der Waals surface area contributed by atoms with Crippen LogP contribution in [0.3, 0.4) is 0 Å². The molecule has 0 aromatic rings. The highest BCUT2D eigenvalue weighted by molar-refractivity contribution is 4.99. The van der Waals surface area contributed by atoms with Crippen LogP contribution < -0.4 is 0 Å². The highest BCUT2D eigenvalue weighted by Gasteiger charge is 2.48. The molecule has 3 aliphatic rings. The number of ether oxygens (including phenoxy) is 2. The normalized spacial score (nSPS) is 33.7. The van der Waals surface area contributed by atoms with E-state index in [9.17, 15) is 5.11 Å². The van der Waals surface area contributed by atoms with Crippen molar-refractivity contribution >= 4 is 0 Å². The second-order valence-corrected chi connectivity index (χ2v) is 7.62. The average Bonchev–Trinajstić information content (AvgIpc) is 2.82. The molecular formula is C18H32O3. The Balaban J connectivity index is 1.71. The number of aliphatic hydroxyl groups excluding tert-OH is 1. The van der Waals surface area contributed by atoms with Crippen molar-refractivity contribution in [3.63, 3.8) is 0 Å². The zero-order valence-electron chi connectivity index (χ0n) is 13.6. The summed E-state index contributed by atoms with van der Waals surface area (Å²) in [7, 11) is 1.80. The van der Waals surface area contributed by atoms with Crippen molar-refractivity contribution in [3.05, 3.63) is 0 Å². The molecule has 0 bridgehead atoms. The fourth-order valence-electron chi connectivity index (χ4n) is 5.08. The van der Waals surface area contributed by atoms with E-state index in [1.54, 1.807) is 7.11 Å². The van der Waals surface area contributed by atoms with Gasteiger partial charge in [-0.15, -0.1) is 0 Å². The molecule has 3 heteroatoms. The van der Waals surface area contributed by atoms with Crippen LogP contribution in [0.1, 0.15) is 77.0 Å². The van der Waals surface area contributed by atoms with Gasteiger partial charge < -0.3 is 14.6 Å². The zero-order chi connectivity index (χ0) is 14.8. The van der Waals surface area contributed by atoms with Crippen molar-refractivity contribution in [3.8, 4) is 0 Å². The number of aliphatic hydroxyl groups is 1. The molecule has 2 aliphatic carbocycles. The molecule has 1 heterocycles. The van der Waals surface area contributed by atoms with E-state index >= 15 is 0 Å². The van der Waals surface area contributed by atoms with Gasteiger partial charge >= 0.3 is 0 Å². The fourth-order valence-corrected chi connectivity index (χ4v) is 5.08. The molecule has 21 heavy (non-hydrogen) atoms. The molecule has 3 nitrogen and oxygen atoms in total. The molecule has 0 radical (unpaired) electrons. The molecule has 1 aliphatic heterocycles. The highest BCUT2D eigenvalue weighted by atomic mass is 16.5. The van der Waals surface area contributed by atoms with Gasteiger partial charge in [-0.1, -0.05) is 38.5 Å². The first-order chi connectivity index (χ1) is 10.2. The van der Waals surface area contributed by atoms with Gasteiger partial charge in [0, 0.05) is 13.7 Å². The predicted octanol–water partition coefficient (Wildman–Crippen LogP) is 3.83. The van der Waals surface area contributed by atoms with E-state index < -0.39 is 0 Å². The highest BCUT2D eigenvalue weighted by Crippen LogP contribution is 2.46. The van der Waals surface area contributed by atoms with Gasteiger partial charge in [-0.05, 0) is 44.4 Å². The molecule has 1 N–H and O–H groups in total. The van der Waals surface area contributed by atoms with Crippen LogP contribution in [0.15, 0.2) is 0 Å². The van der Waals surface area contributed by atoms with Gasteiger partial charge in [-0.2, -0.15) is 0 Å². The van der Waals surface area contributed by atoms with Gasteiger partial charge in [0.1, 0.15) is 0 Å². The van der Waals surface area contributed by atoms with Crippen LogP contribution in [0.25, 0.3) is 0 Å². The van der Waals surface area contributed by atoms with Crippen molar-refractivity contribution in [2.75, 3.05) is 13.7 Å². The maximum absolute atomic E-state index is 11.1. The molecule has 122 valence electrons. The van der Waals surface area contributed by atoms with Gasteiger partial charge in [0.05, 0.1) is 17.3 Å². The van der Waals surface area contributed by atoms with Crippen molar-refractivity contribution in [1.82, 2.24) is 0 Å². The maximum Gasteiger partial charge on any atom is 0.0939 e. The van der Waals surface area contributed by atoms with E-state index in [2.05, 4.69) is 0 Å². The van der Waals surface area contributed by atoms with Crippen LogP contribution >= 0.6 is 0 Å². The fraction of sp³-hybridized carbons (Fsp3) is 1.00. The summed E-state index contributed by atoms with van der Waals surface area (Å²) in [6.45, 7) is 0.821. The smallest absolute Gasteiger partial charge is 0.0939 e. The molecule has 1 saturated heterocycles. The Kier molecular flexibility index (Phi) is 4.92. The van der Waals surface area contributed by atoms with Crippen LogP contribution in [-0.2, 0) is 9.47 Å². The van der Waals surface area contributed by atoms with Gasteiger partial charge in [0.2, 0.25) is 0 Å². The van der Waals surface area contributed by atoms with E-state index in [-0.39, 0.29) is 17.3 Å². The Morgan fingerprint density at radius 1 is 1.00 bits per heavy atom. The van der Waals surface area contributed by atoms with E-state index in [0.29, 0.717) is 5.92 Å². The lowest BCUT2D eigenvalue weighted by atomic mass is 9.74. The standard InChI is InChI=1S/C18H32O3/c1-20-18(11-4-2-3-5-12-18)16(19)15-8-13-21-17(14-15)9-6-7-10-17/h15-16,19H,2-14H2,1H3. The Hall–Kier alpha value is -0.120. The molecule has 3 fully saturated rings. The first-order valence-corrected chi connectivity index (χ1v) is 9.07. The summed E-state index contributed by atoms with van der Waals surface area (Å²) in [5.74, 6) is 0.356. The van der Waals surface area contributed by atoms with E-state index in [0.717, 1.165) is 32.3 Å². The molecule has 0 aromatic carbocycles. The number of methoxy groups -OCH3 is 1. The topological polar surface area (TPSA) is 38.7 Å². The monoisotopic (exact) mass is 296 g/mol. The van der Waals surface area contributed by atoms with Crippen molar-refractivity contribution in [2.45, 2.75) is 94.4 Å². The third-order valence-electron chi connectivity index (χ3n) is 6.39. The minimum atomic E-state index is -0.318. The predicted molar refractivity (Wildman–Crippen MR) is 83.3 cm³/mol. The van der Waals surface area contributed by atoms with Crippen LogP contribution in [0.5, 0.6) is 0 Å². The van der Waals surface area contributed by atoms with Gasteiger partial charge in [0.15, 0.2) is 0 Å². The second-order valence-electron chi connectivity index (χ2n) is 7.62. The Morgan fingerprint density at radius 2 is 1.62 bits per heavy atom. The largest absolute Gasteiger partial charge is 0.390 e. The number of rotatable bonds is 3. The van der Waals surface area contributed by atoms with Crippen molar-refractivity contribution in [2.24, 2.45) is 5.92 Å². The average molecular weight is 296 g/mol. The van der Waals surface area contributed by atoms with E-state index in [4.69, 9.17) is 9.47 Å². The summed E-state index contributed by atoms with van der Waals surface area (Å²) in [6.07, 6.45) is 13.7. The quantitative estimate of drug-likeness (QED) is 0.805. The summed E-state index contributed by atoms with van der Waals surface area (Å²) in [4.78, 5) is 0. The lowest BCUT2D eigenvalue weighted by Crippen LogP contribution is -2.52. The molecule has 2 unspecified atom stereocenters. The third kappa shape index (κ3) is 3.16. The van der Waals surface area contributed by atoms with Gasteiger partial charge in [-0.3, -0.25) is 0 Å². The Morgan fingerprint density at radius 3 is 2.24 bits per heavy atom. The van der Waals surface area contributed by atoms with E-state index in [1.165, 1.54) is 51.4 Å².